The lowest BCUT2D eigenvalue weighted by molar-refractivity contribution is -0.121. The van der Waals surface area contributed by atoms with Gasteiger partial charge in [-0.25, -0.2) is 0 Å². The van der Waals surface area contributed by atoms with Gasteiger partial charge in [0.25, 0.3) is 0 Å². The molecule has 0 fully saturated rings. The Morgan fingerprint density at radius 1 is 0.962 bits per heavy atom. The molecule has 2 aromatic rings. The first kappa shape index (κ1) is 17.5. The van der Waals surface area contributed by atoms with Gasteiger partial charge in [0.1, 0.15) is 5.41 Å². The number of carbonyl (C=O) groups is 2. The summed E-state index contributed by atoms with van der Waals surface area (Å²) in [5.41, 5.74) is 5.64. The molecule has 5 nitrogen and oxygen atoms in total. The number of amides is 1. The summed E-state index contributed by atoms with van der Waals surface area (Å²) in [5, 5.41) is 16.8. The molecule has 3 rings (SSSR count). The Kier molecular flexibility index (Phi) is 4.63. The molecule has 0 atom stereocenters. The number of nitrogens with two attached hydrogens (primary N) is 1. The van der Waals surface area contributed by atoms with E-state index in [1.807, 2.05) is 36.4 Å². The van der Waals surface area contributed by atoms with Crippen LogP contribution in [0.2, 0.25) is 0 Å². The number of nitrogens with one attached hydrogen (secondary N) is 2. The van der Waals surface area contributed by atoms with Crippen molar-refractivity contribution in [3.8, 4) is 0 Å². The van der Waals surface area contributed by atoms with Crippen molar-refractivity contribution in [3.63, 3.8) is 0 Å². The van der Waals surface area contributed by atoms with Crippen molar-refractivity contribution in [2.24, 2.45) is 5.73 Å². The highest BCUT2D eigenvalue weighted by molar-refractivity contribution is 6.30. The first-order valence-corrected chi connectivity index (χ1v) is 8.26. The smallest absolute Gasteiger partial charge is 0.221 e. The van der Waals surface area contributed by atoms with E-state index in [0.29, 0.717) is 11.1 Å². The van der Waals surface area contributed by atoms with Crippen LogP contribution in [-0.2, 0) is 15.0 Å². The Hall–Kier alpha value is -3.34. The SMILES string of the molecule is N=C1C=C(CC(N)=O)C(=O)C(c2ccccc2)(c2ccccc2)C(=N)C1. The zero-order chi connectivity index (χ0) is 18.7. The van der Waals surface area contributed by atoms with Crippen LogP contribution in [-0.4, -0.2) is 23.1 Å². The van der Waals surface area contributed by atoms with E-state index in [4.69, 9.17) is 16.6 Å². The standard InChI is InChI=1S/C21H19N3O2/c22-17-11-14(12-19(24)25)20(26)21(18(23)13-17,15-7-3-1-4-8-15)16-9-5-2-6-10-16/h1-11,22-23H,12-13H2,(H2,24,25). The van der Waals surface area contributed by atoms with Crippen LogP contribution < -0.4 is 5.73 Å². The summed E-state index contributed by atoms with van der Waals surface area (Å²) >= 11 is 0. The lowest BCUT2D eigenvalue weighted by Gasteiger charge is -2.34. The molecule has 0 aliphatic heterocycles. The molecule has 130 valence electrons. The fraction of sp³-hybridized carbons (Fsp3) is 0.143. The molecule has 4 N–H and O–H groups in total. The van der Waals surface area contributed by atoms with Crippen molar-refractivity contribution >= 4 is 23.1 Å². The lowest BCUT2D eigenvalue weighted by atomic mass is 9.66. The van der Waals surface area contributed by atoms with Crippen molar-refractivity contribution in [3.05, 3.63) is 83.4 Å². The van der Waals surface area contributed by atoms with Gasteiger partial charge in [0, 0.05) is 23.4 Å². The molecule has 2 aromatic carbocycles. The Morgan fingerprint density at radius 2 is 1.46 bits per heavy atom. The molecule has 1 amide bonds. The number of primary amides is 1. The summed E-state index contributed by atoms with van der Waals surface area (Å²) in [6.45, 7) is 0. The average molecular weight is 345 g/mol. The highest BCUT2D eigenvalue weighted by Gasteiger charge is 2.48. The minimum atomic E-state index is -1.37. The first-order chi connectivity index (χ1) is 12.5. The summed E-state index contributed by atoms with van der Waals surface area (Å²) in [4.78, 5) is 25.1. The van der Waals surface area contributed by atoms with E-state index in [-0.39, 0.29) is 35.6 Å². The second-order valence-electron chi connectivity index (χ2n) is 6.30. The highest BCUT2D eigenvalue weighted by atomic mass is 16.1. The van der Waals surface area contributed by atoms with Gasteiger partial charge in [0.05, 0.1) is 6.42 Å². The van der Waals surface area contributed by atoms with Crippen molar-refractivity contribution < 1.29 is 9.59 Å². The molecule has 0 radical (unpaired) electrons. The minimum absolute atomic E-state index is 0.0256. The average Bonchev–Trinajstić information content (AvgIpc) is 2.71. The zero-order valence-corrected chi connectivity index (χ0v) is 14.2. The number of rotatable bonds is 4. The predicted molar refractivity (Wildman–Crippen MR) is 101 cm³/mol. The lowest BCUT2D eigenvalue weighted by Crippen LogP contribution is -2.45. The van der Waals surface area contributed by atoms with Crippen LogP contribution >= 0.6 is 0 Å². The Morgan fingerprint density at radius 3 is 1.92 bits per heavy atom. The van der Waals surface area contributed by atoms with Crippen molar-refractivity contribution in [2.75, 3.05) is 0 Å². The fourth-order valence-electron chi connectivity index (χ4n) is 3.50. The Bertz CT molecular complexity index is 875. The number of ketones is 1. The van der Waals surface area contributed by atoms with Crippen molar-refractivity contribution in [2.45, 2.75) is 18.3 Å². The molecule has 0 aromatic heterocycles. The number of Topliss-reactive ketones (excluding diaryl/α,β-unsaturated/α-hetero) is 1. The Balaban J connectivity index is 2.33. The van der Waals surface area contributed by atoms with Gasteiger partial charge in [-0.15, -0.1) is 0 Å². The monoisotopic (exact) mass is 345 g/mol. The van der Waals surface area contributed by atoms with Gasteiger partial charge in [-0.1, -0.05) is 60.7 Å². The molecule has 0 bridgehead atoms. The van der Waals surface area contributed by atoms with Gasteiger partial charge < -0.3 is 16.6 Å². The van der Waals surface area contributed by atoms with Crippen LogP contribution in [0.1, 0.15) is 24.0 Å². The number of hydrogen-bond donors (Lipinski definition) is 3. The van der Waals surface area contributed by atoms with Crippen LogP contribution in [0, 0.1) is 10.8 Å². The van der Waals surface area contributed by atoms with Crippen LogP contribution in [0.25, 0.3) is 0 Å². The highest BCUT2D eigenvalue weighted by Crippen LogP contribution is 2.40. The predicted octanol–water partition coefficient (Wildman–Crippen LogP) is 2.79. The van der Waals surface area contributed by atoms with Gasteiger partial charge in [-0.3, -0.25) is 9.59 Å². The molecule has 0 saturated heterocycles. The number of benzene rings is 2. The second kappa shape index (κ2) is 6.88. The minimum Gasteiger partial charge on any atom is -0.369 e. The molecule has 1 aliphatic carbocycles. The Labute approximate surface area is 151 Å². The molecule has 0 spiro atoms. The largest absolute Gasteiger partial charge is 0.369 e. The van der Waals surface area contributed by atoms with E-state index in [1.54, 1.807) is 24.3 Å². The van der Waals surface area contributed by atoms with Crippen LogP contribution in [0.5, 0.6) is 0 Å². The zero-order valence-electron chi connectivity index (χ0n) is 14.2. The summed E-state index contributed by atoms with van der Waals surface area (Å²) in [6.07, 6.45) is 1.16. The van der Waals surface area contributed by atoms with Crippen molar-refractivity contribution in [1.82, 2.24) is 0 Å². The van der Waals surface area contributed by atoms with Gasteiger partial charge >= 0.3 is 0 Å². The maximum absolute atomic E-state index is 13.6. The molecule has 5 heteroatoms. The van der Waals surface area contributed by atoms with Crippen LogP contribution in [0.3, 0.4) is 0 Å². The quantitative estimate of drug-likeness (QED) is 0.792. The van der Waals surface area contributed by atoms with Gasteiger partial charge in [-0.2, -0.15) is 0 Å². The van der Waals surface area contributed by atoms with Crippen molar-refractivity contribution in [1.29, 1.82) is 10.8 Å². The molecule has 26 heavy (non-hydrogen) atoms. The van der Waals surface area contributed by atoms with E-state index in [0.717, 1.165) is 0 Å². The number of carbonyl (C=O) groups excluding carboxylic acids is 2. The molecular weight excluding hydrogens is 326 g/mol. The third-order valence-corrected chi connectivity index (χ3v) is 4.58. The number of hydrogen-bond acceptors (Lipinski definition) is 4. The summed E-state index contributed by atoms with van der Waals surface area (Å²) in [7, 11) is 0. The maximum Gasteiger partial charge on any atom is 0.221 e. The van der Waals surface area contributed by atoms with E-state index in [2.05, 4.69) is 0 Å². The van der Waals surface area contributed by atoms with Crippen LogP contribution in [0.4, 0.5) is 0 Å². The van der Waals surface area contributed by atoms with E-state index in [9.17, 15) is 9.59 Å². The van der Waals surface area contributed by atoms with E-state index >= 15 is 0 Å². The molecule has 0 heterocycles. The van der Waals surface area contributed by atoms with E-state index in [1.165, 1.54) is 6.08 Å². The van der Waals surface area contributed by atoms with Crippen LogP contribution in [0.15, 0.2) is 72.3 Å². The van der Waals surface area contributed by atoms with Gasteiger partial charge in [0.2, 0.25) is 5.91 Å². The maximum atomic E-state index is 13.6. The first-order valence-electron chi connectivity index (χ1n) is 8.26. The molecule has 0 unspecified atom stereocenters. The summed E-state index contributed by atoms with van der Waals surface area (Å²) < 4.78 is 0. The third kappa shape index (κ3) is 2.88. The molecule has 0 saturated carbocycles. The van der Waals surface area contributed by atoms with Gasteiger partial charge in [-0.05, 0) is 17.2 Å². The number of allylic oxidation sites excluding steroid dienone is 1. The molecular formula is C21H19N3O2. The topological polar surface area (TPSA) is 108 Å². The summed E-state index contributed by atoms with van der Waals surface area (Å²) in [6, 6.07) is 18.1. The normalized spacial score (nSPS) is 16.8. The molecule has 1 aliphatic rings. The third-order valence-electron chi connectivity index (χ3n) is 4.58. The van der Waals surface area contributed by atoms with Gasteiger partial charge in [0.15, 0.2) is 5.78 Å². The summed E-state index contributed by atoms with van der Waals surface area (Å²) in [5.74, 6) is -1.01. The fourth-order valence-corrected chi connectivity index (χ4v) is 3.50. The van der Waals surface area contributed by atoms with E-state index < -0.39 is 11.3 Å². The second-order valence-corrected chi connectivity index (χ2v) is 6.30.